The van der Waals surface area contributed by atoms with Crippen LogP contribution >= 0.6 is 0 Å². The number of hydrogen-bond acceptors (Lipinski definition) is 3. The zero-order valence-electron chi connectivity index (χ0n) is 12.9. The molecule has 1 heterocycles. The van der Waals surface area contributed by atoms with Crippen LogP contribution in [0.4, 0.5) is 11.4 Å². The van der Waals surface area contributed by atoms with E-state index in [0.29, 0.717) is 11.8 Å². The summed E-state index contributed by atoms with van der Waals surface area (Å²) in [5, 5.41) is 14.5. The molecule has 4 nitrogen and oxygen atoms in total. The van der Waals surface area contributed by atoms with Gasteiger partial charge in [0.2, 0.25) is 0 Å². The molecule has 1 N–H and O–H groups in total. The molecule has 116 valence electrons. The van der Waals surface area contributed by atoms with E-state index in [-0.39, 0.29) is 16.7 Å². The summed E-state index contributed by atoms with van der Waals surface area (Å²) < 4.78 is 0. The first-order valence-corrected chi connectivity index (χ1v) is 7.91. The number of fused-ring (bicyclic) bond motifs is 3. The maximum absolute atomic E-state index is 10.9. The first-order chi connectivity index (χ1) is 11.1. The third-order valence-electron chi connectivity index (χ3n) is 4.98. The van der Waals surface area contributed by atoms with Gasteiger partial charge in [-0.15, -0.1) is 0 Å². The molecule has 4 rings (SSSR count). The minimum absolute atomic E-state index is 0.141. The third kappa shape index (κ3) is 2.31. The number of rotatable bonds is 2. The molecule has 2 aromatic carbocycles. The van der Waals surface area contributed by atoms with Crippen molar-refractivity contribution in [1.82, 2.24) is 0 Å². The predicted octanol–water partition coefficient (Wildman–Crippen LogP) is 4.73. The maximum Gasteiger partial charge on any atom is 0.269 e. The number of aryl methyl sites for hydroxylation is 1. The number of nitrogens with one attached hydrogen (secondary N) is 1. The highest BCUT2D eigenvalue weighted by Crippen LogP contribution is 2.49. The molecule has 0 fully saturated rings. The van der Waals surface area contributed by atoms with Crippen LogP contribution in [-0.4, -0.2) is 4.92 Å². The molecule has 0 unspecified atom stereocenters. The smallest absolute Gasteiger partial charge is 0.269 e. The lowest BCUT2D eigenvalue weighted by Crippen LogP contribution is -2.29. The summed E-state index contributed by atoms with van der Waals surface area (Å²) in [5.74, 6) is 0.888. The van der Waals surface area contributed by atoms with Crippen molar-refractivity contribution in [2.24, 2.45) is 5.92 Å². The summed E-state index contributed by atoms with van der Waals surface area (Å²) in [6, 6.07) is 13.7. The molecule has 2 aromatic rings. The molecule has 1 aliphatic carbocycles. The first-order valence-electron chi connectivity index (χ1n) is 7.91. The fraction of sp³-hybridized carbons (Fsp3) is 0.263. The molecule has 1 aliphatic heterocycles. The number of non-ortho nitro benzene ring substituents is 1. The van der Waals surface area contributed by atoms with Crippen molar-refractivity contribution in [2.75, 3.05) is 5.32 Å². The Kier molecular flexibility index (Phi) is 3.18. The SMILES string of the molecule is Cc1ccc2c(c1)N[C@H](c1ccc([N+](=O)[O-])cc1)[C@H]1CC=C[C@H]21. The van der Waals surface area contributed by atoms with Crippen molar-refractivity contribution in [1.29, 1.82) is 0 Å². The van der Waals surface area contributed by atoms with E-state index in [1.54, 1.807) is 12.1 Å². The monoisotopic (exact) mass is 306 g/mol. The zero-order valence-corrected chi connectivity index (χ0v) is 12.9. The van der Waals surface area contributed by atoms with E-state index in [9.17, 15) is 10.1 Å². The molecule has 3 atom stereocenters. The van der Waals surface area contributed by atoms with Crippen molar-refractivity contribution in [2.45, 2.75) is 25.3 Å². The van der Waals surface area contributed by atoms with Gasteiger partial charge in [0.05, 0.1) is 11.0 Å². The van der Waals surface area contributed by atoms with E-state index in [2.05, 4.69) is 42.6 Å². The van der Waals surface area contributed by atoms with E-state index in [1.165, 1.54) is 16.8 Å². The normalized spacial score (nSPS) is 24.7. The Morgan fingerprint density at radius 3 is 2.70 bits per heavy atom. The number of nitro groups is 1. The molecule has 2 aliphatic rings. The number of nitro benzene ring substituents is 1. The lowest BCUT2D eigenvalue weighted by atomic mass is 9.77. The van der Waals surface area contributed by atoms with E-state index in [0.717, 1.165) is 12.0 Å². The van der Waals surface area contributed by atoms with Crippen molar-refractivity contribution in [3.8, 4) is 0 Å². The molecule has 23 heavy (non-hydrogen) atoms. The Hall–Kier alpha value is -2.62. The molecule has 0 amide bonds. The van der Waals surface area contributed by atoms with Crippen LogP contribution in [0.1, 0.15) is 35.1 Å². The Bertz CT molecular complexity index is 796. The summed E-state index contributed by atoms with van der Waals surface area (Å²) in [4.78, 5) is 10.5. The topological polar surface area (TPSA) is 55.2 Å². The van der Waals surface area contributed by atoms with Crippen LogP contribution in [0.3, 0.4) is 0 Å². The number of benzene rings is 2. The predicted molar refractivity (Wildman–Crippen MR) is 90.6 cm³/mol. The van der Waals surface area contributed by atoms with E-state index in [1.807, 2.05) is 12.1 Å². The van der Waals surface area contributed by atoms with Gasteiger partial charge in [0.15, 0.2) is 0 Å². The molecule has 4 heteroatoms. The van der Waals surface area contributed by atoms with Crippen molar-refractivity contribution in [3.63, 3.8) is 0 Å². The van der Waals surface area contributed by atoms with Crippen molar-refractivity contribution < 1.29 is 4.92 Å². The van der Waals surface area contributed by atoms with Crippen LogP contribution in [0.25, 0.3) is 0 Å². The van der Waals surface area contributed by atoms with Gasteiger partial charge >= 0.3 is 0 Å². The minimum Gasteiger partial charge on any atom is -0.378 e. The van der Waals surface area contributed by atoms with E-state index in [4.69, 9.17) is 0 Å². The number of hydrogen-bond donors (Lipinski definition) is 1. The van der Waals surface area contributed by atoms with Gasteiger partial charge in [-0.2, -0.15) is 0 Å². The minimum atomic E-state index is -0.351. The largest absolute Gasteiger partial charge is 0.378 e. The lowest BCUT2D eigenvalue weighted by molar-refractivity contribution is -0.384. The summed E-state index contributed by atoms with van der Waals surface area (Å²) in [6.45, 7) is 2.10. The van der Waals surface area contributed by atoms with Crippen LogP contribution in [0.2, 0.25) is 0 Å². The zero-order chi connectivity index (χ0) is 16.0. The Labute approximate surface area is 135 Å². The van der Waals surface area contributed by atoms with Gasteiger partial charge in [0.25, 0.3) is 5.69 Å². The van der Waals surface area contributed by atoms with Gasteiger partial charge in [0, 0.05) is 23.7 Å². The molecule has 0 saturated carbocycles. The van der Waals surface area contributed by atoms with Crippen LogP contribution in [-0.2, 0) is 0 Å². The molecular formula is C19H18N2O2. The highest BCUT2D eigenvalue weighted by atomic mass is 16.6. The van der Waals surface area contributed by atoms with Crippen LogP contribution in [0.15, 0.2) is 54.6 Å². The Balaban J connectivity index is 1.73. The van der Waals surface area contributed by atoms with Gasteiger partial charge in [-0.1, -0.05) is 36.4 Å². The molecular weight excluding hydrogens is 288 g/mol. The molecule has 0 spiro atoms. The fourth-order valence-corrected chi connectivity index (χ4v) is 3.84. The number of allylic oxidation sites excluding steroid dienone is 2. The van der Waals surface area contributed by atoms with Crippen LogP contribution in [0, 0.1) is 23.0 Å². The summed E-state index contributed by atoms with van der Waals surface area (Å²) in [5.41, 5.74) is 5.02. The average Bonchev–Trinajstić information content (AvgIpc) is 3.03. The molecule has 0 aromatic heterocycles. The second kappa shape index (κ2) is 5.23. The highest BCUT2D eigenvalue weighted by Gasteiger charge is 2.37. The van der Waals surface area contributed by atoms with Gasteiger partial charge in [0.1, 0.15) is 0 Å². The van der Waals surface area contributed by atoms with Crippen molar-refractivity contribution in [3.05, 3.63) is 81.4 Å². The van der Waals surface area contributed by atoms with Crippen LogP contribution < -0.4 is 5.32 Å². The molecule has 0 radical (unpaired) electrons. The van der Waals surface area contributed by atoms with Crippen LogP contribution in [0.5, 0.6) is 0 Å². The summed E-state index contributed by atoms with van der Waals surface area (Å²) in [6.07, 6.45) is 5.59. The lowest BCUT2D eigenvalue weighted by Gasteiger charge is -2.37. The first kappa shape index (κ1) is 14.0. The molecule has 0 saturated heterocycles. The van der Waals surface area contributed by atoms with E-state index >= 15 is 0 Å². The maximum atomic E-state index is 10.9. The van der Waals surface area contributed by atoms with Gasteiger partial charge in [-0.3, -0.25) is 10.1 Å². The Morgan fingerprint density at radius 1 is 1.17 bits per heavy atom. The second-order valence-electron chi connectivity index (χ2n) is 6.41. The highest BCUT2D eigenvalue weighted by molar-refractivity contribution is 5.61. The quantitative estimate of drug-likeness (QED) is 0.496. The number of anilines is 1. The average molecular weight is 306 g/mol. The fourth-order valence-electron chi connectivity index (χ4n) is 3.84. The van der Waals surface area contributed by atoms with Crippen molar-refractivity contribution >= 4 is 11.4 Å². The third-order valence-corrected chi connectivity index (χ3v) is 4.98. The standard InChI is InChI=1S/C19H18N2O2/c1-12-5-10-16-15-3-2-4-17(15)19(20-18(16)11-12)13-6-8-14(9-7-13)21(22)23/h2-3,5-11,15,17,19-20H,4H2,1H3/t15-,17+,19-/m1/s1. The van der Waals surface area contributed by atoms with Gasteiger partial charge < -0.3 is 5.32 Å². The van der Waals surface area contributed by atoms with Gasteiger partial charge in [-0.05, 0) is 42.0 Å². The summed E-state index contributed by atoms with van der Waals surface area (Å²) >= 11 is 0. The summed E-state index contributed by atoms with van der Waals surface area (Å²) in [7, 11) is 0. The number of nitrogens with zero attached hydrogens (tertiary/aromatic N) is 1. The van der Waals surface area contributed by atoms with E-state index < -0.39 is 0 Å². The molecule has 0 bridgehead atoms. The Morgan fingerprint density at radius 2 is 1.96 bits per heavy atom. The second-order valence-corrected chi connectivity index (χ2v) is 6.41. The van der Waals surface area contributed by atoms with Gasteiger partial charge in [-0.25, -0.2) is 0 Å².